The van der Waals surface area contributed by atoms with Crippen LogP contribution in [-0.2, 0) is 48.2 Å². The maximum absolute atomic E-state index is 12.9. The molecule has 45 heavy (non-hydrogen) atoms. The summed E-state index contributed by atoms with van der Waals surface area (Å²) in [7, 11) is 0. The molecule has 9 nitrogen and oxygen atoms in total. The molecule has 234 valence electrons. The Kier molecular flexibility index (Phi) is 13.8. The molecular formula is C36H36O9. The van der Waals surface area contributed by atoms with E-state index >= 15 is 0 Å². The van der Waals surface area contributed by atoms with Gasteiger partial charge in [0.05, 0.1) is 56.3 Å². The molecule has 0 heterocycles. The van der Waals surface area contributed by atoms with Gasteiger partial charge in [0.25, 0.3) is 0 Å². The van der Waals surface area contributed by atoms with Crippen molar-refractivity contribution in [1.29, 1.82) is 0 Å². The standard InChI is InChI=1S/C36H36O9/c37-34(43-19-16-40-25-28-10-4-1-5-11-28)31-22-32(35(38)44-20-17-41-26-29-12-6-2-7-13-29)24-33(23-31)36(39)45-21-18-42-27-30-14-8-3-9-15-30/h1-15,22-24H,16-21,25-27H2. The van der Waals surface area contributed by atoms with Crippen LogP contribution < -0.4 is 0 Å². The third kappa shape index (κ3) is 12.0. The number of carbonyl (C=O) groups is 3. The molecule has 0 amide bonds. The summed E-state index contributed by atoms with van der Waals surface area (Å²) in [5.74, 6) is -2.17. The first kappa shape index (κ1) is 33.1. The zero-order valence-electron chi connectivity index (χ0n) is 24.9. The van der Waals surface area contributed by atoms with E-state index in [9.17, 15) is 14.4 Å². The Morgan fingerprint density at radius 3 is 0.911 bits per heavy atom. The second kappa shape index (κ2) is 18.7. The van der Waals surface area contributed by atoms with E-state index in [1.165, 1.54) is 18.2 Å². The van der Waals surface area contributed by atoms with Crippen molar-refractivity contribution in [2.24, 2.45) is 0 Å². The predicted molar refractivity (Wildman–Crippen MR) is 166 cm³/mol. The van der Waals surface area contributed by atoms with E-state index < -0.39 is 17.9 Å². The molecule has 0 spiro atoms. The molecule has 0 fully saturated rings. The maximum Gasteiger partial charge on any atom is 0.338 e. The minimum absolute atomic E-state index is 0.000106. The van der Waals surface area contributed by atoms with Crippen LogP contribution in [-0.4, -0.2) is 57.5 Å². The lowest BCUT2D eigenvalue weighted by Crippen LogP contribution is -2.17. The Balaban J connectivity index is 1.30. The van der Waals surface area contributed by atoms with Crippen molar-refractivity contribution in [3.63, 3.8) is 0 Å². The van der Waals surface area contributed by atoms with E-state index in [0.29, 0.717) is 19.8 Å². The van der Waals surface area contributed by atoms with E-state index in [2.05, 4.69) is 0 Å². The quantitative estimate of drug-likeness (QED) is 0.0782. The monoisotopic (exact) mass is 612 g/mol. The third-order valence-electron chi connectivity index (χ3n) is 6.36. The van der Waals surface area contributed by atoms with Crippen molar-refractivity contribution in [2.45, 2.75) is 19.8 Å². The fraction of sp³-hybridized carbons (Fsp3) is 0.250. The van der Waals surface area contributed by atoms with Gasteiger partial charge in [-0.3, -0.25) is 0 Å². The van der Waals surface area contributed by atoms with Gasteiger partial charge in [0, 0.05) is 0 Å². The number of carbonyl (C=O) groups excluding carboxylic acids is 3. The van der Waals surface area contributed by atoms with Gasteiger partial charge in [-0.2, -0.15) is 0 Å². The molecule has 4 aromatic rings. The average molecular weight is 613 g/mol. The molecule has 0 radical (unpaired) electrons. The molecule has 0 unspecified atom stereocenters. The van der Waals surface area contributed by atoms with Gasteiger partial charge >= 0.3 is 17.9 Å². The molecule has 4 aromatic carbocycles. The van der Waals surface area contributed by atoms with Crippen molar-refractivity contribution in [2.75, 3.05) is 39.6 Å². The number of benzene rings is 4. The summed E-state index contributed by atoms with van der Waals surface area (Å²) in [6.07, 6.45) is 0. The molecule has 0 aliphatic heterocycles. The van der Waals surface area contributed by atoms with Crippen molar-refractivity contribution in [1.82, 2.24) is 0 Å². The summed E-state index contributed by atoms with van der Waals surface area (Å²) in [5, 5.41) is 0. The van der Waals surface area contributed by atoms with Gasteiger partial charge in [-0.1, -0.05) is 91.0 Å². The lowest BCUT2D eigenvalue weighted by Gasteiger charge is -2.11. The summed E-state index contributed by atoms with van der Waals surface area (Å²) in [4.78, 5) is 38.6. The van der Waals surface area contributed by atoms with Gasteiger partial charge in [-0.05, 0) is 34.9 Å². The van der Waals surface area contributed by atoms with Gasteiger partial charge in [-0.15, -0.1) is 0 Å². The molecule has 0 atom stereocenters. The lowest BCUT2D eigenvalue weighted by molar-refractivity contribution is 0.0281. The Labute approximate surface area is 262 Å². The van der Waals surface area contributed by atoms with Crippen molar-refractivity contribution >= 4 is 17.9 Å². The minimum Gasteiger partial charge on any atom is -0.460 e. The van der Waals surface area contributed by atoms with E-state index in [1.54, 1.807) is 0 Å². The number of hydrogen-bond acceptors (Lipinski definition) is 9. The molecule has 0 saturated heterocycles. The highest BCUT2D eigenvalue weighted by molar-refractivity contribution is 6.00. The van der Waals surface area contributed by atoms with Crippen LogP contribution in [0.15, 0.2) is 109 Å². The molecule has 9 heteroatoms. The lowest BCUT2D eigenvalue weighted by atomic mass is 10.1. The van der Waals surface area contributed by atoms with Gasteiger partial charge in [0.2, 0.25) is 0 Å². The summed E-state index contributed by atoms with van der Waals surface area (Å²) in [5.41, 5.74) is 2.98. The largest absolute Gasteiger partial charge is 0.460 e. The molecule has 0 bridgehead atoms. The highest BCUT2D eigenvalue weighted by Gasteiger charge is 2.19. The fourth-order valence-electron chi connectivity index (χ4n) is 4.10. The molecular weight excluding hydrogens is 576 g/mol. The topological polar surface area (TPSA) is 107 Å². The SMILES string of the molecule is O=C(OCCOCc1ccccc1)c1cc(C(=O)OCCOCc2ccccc2)cc(C(=O)OCCOCc2ccccc2)c1. The van der Waals surface area contributed by atoms with Crippen molar-refractivity contribution < 1.29 is 42.8 Å². The Hall–Kier alpha value is -4.83. The molecule has 0 saturated carbocycles. The van der Waals surface area contributed by atoms with Crippen LogP contribution in [0.4, 0.5) is 0 Å². The molecule has 0 aliphatic rings. The average Bonchev–Trinajstić information content (AvgIpc) is 3.08. The first-order valence-corrected chi connectivity index (χ1v) is 14.6. The Morgan fingerprint density at radius 2 is 0.644 bits per heavy atom. The van der Waals surface area contributed by atoms with Gasteiger partial charge < -0.3 is 28.4 Å². The van der Waals surface area contributed by atoms with Crippen LogP contribution in [0.1, 0.15) is 47.8 Å². The van der Waals surface area contributed by atoms with Crippen LogP contribution in [0.5, 0.6) is 0 Å². The fourth-order valence-corrected chi connectivity index (χ4v) is 4.10. The Bertz CT molecular complexity index is 1280. The van der Waals surface area contributed by atoms with E-state index in [1.807, 2.05) is 91.0 Å². The van der Waals surface area contributed by atoms with Crippen LogP contribution in [0.2, 0.25) is 0 Å². The van der Waals surface area contributed by atoms with Crippen molar-refractivity contribution in [3.8, 4) is 0 Å². The molecule has 0 aliphatic carbocycles. The third-order valence-corrected chi connectivity index (χ3v) is 6.36. The normalized spacial score (nSPS) is 10.7. The van der Waals surface area contributed by atoms with Crippen LogP contribution in [0, 0.1) is 0 Å². The first-order valence-electron chi connectivity index (χ1n) is 14.6. The van der Waals surface area contributed by atoms with Gasteiger partial charge in [0.15, 0.2) is 0 Å². The summed E-state index contributed by atoms with van der Waals surface area (Å²) in [6, 6.07) is 32.8. The predicted octanol–water partition coefficient (Wildman–Crippen LogP) is 5.81. The van der Waals surface area contributed by atoms with Gasteiger partial charge in [0.1, 0.15) is 19.8 Å². The van der Waals surface area contributed by atoms with E-state index in [0.717, 1.165) is 16.7 Å². The second-order valence-corrected chi connectivity index (χ2v) is 9.82. The number of ether oxygens (including phenoxy) is 6. The minimum atomic E-state index is -0.723. The van der Waals surface area contributed by atoms with E-state index in [-0.39, 0.29) is 56.3 Å². The van der Waals surface area contributed by atoms with Crippen LogP contribution in [0.3, 0.4) is 0 Å². The van der Waals surface area contributed by atoms with Gasteiger partial charge in [-0.25, -0.2) is 14.4 Å². The summed E-state index contributed by atoms with van der Waals surface area (Å²) < 4.78 is 32.7. The highest BCUT2D eigenvalue weighted by atomic mass is 16.6. The summed E-state index contributed by atoms with van der Waals surface area (Å²) in [6.45, 7) is 1.59. The number of rotatable bonds is 18. The number of esters is 3. The highest BCUT2D eigenvalue weighted by Crippen LogP contribution is 2.15. The summed E-state index contributed by atoms with van der Waals surface area (Å²) >= 11 is 0. The van der Waals surface area contributed by atoms with Crippen LogP contribution in [0.25, 0.3) is 0 Å². The molecule has 0 N–H and O–H groups in total. The Morgan fingerprint density at radius 1 is 0.378 bits per heavy atom. The van der Waals surface area contributed by atoms with E-state index in [4.69, 9.17) is 28.4 Å². The maximum atomic E-state index is 12.9. The second-order valence-electron chi connectivity index (χ2n) is 9.82. The smallest absolute Gasteiger partial charge is 0.338 e. The van der Waals surface area contributed by atoms with Crippen molar-refractivity contribution in [3.05, 3.63) is 143 Å². The molecule has 0 aromatic heterocycles. The van der Waals surface area contributed by atoms with Crippen LogP contribution >= 0.6 is 0 Å². The number of hydrogen-bond donors (Lipinski definition) is 0. The first-order chi connectivity index (χ1) is 22.1. The molecule has 4 rings (SSSR count). The zero-order chi connectivity index (χ0) is 31.5. The zero-order valence-corrected chi connectivity index (χ0v) is 24.9.